The number of hydrogen-bond acceptors (Lipinski definition) is 5. The number of rotatable bonds is 7. The molecule has 1 aromatic rings. The van der Waals surface area contributed by atoms with Crippen molar-refractivity contribution in [2.24, 2.45) is 0 Å². The van der Waals surface area contributed by atoms with Crippen LogP contribution >= 0.6 is 0 Å². The molecule has 27 heavy (non-hydrogen) atoms. The van der Waals surface area contributed by atoms with Crippen LogP contribution in [0.15, 0.2) is 24.3 Å². The largest absolute Gasteiger partial charge is 0.450 e. The molecular formula is C16H23F2N3O5S. The van der Waals surface area contributed by atoms with Gasteiger partial charge in [-0.25, -0.2) is 4.79 Å². The van der Waals surface area contributed by atoms with E-state index in [1.54, 1.807) is 6.92 Å². The Kier molecular flexibility index (Phi) is 7.33. The normalized spacial score (nSPS) is 16.0. The fourth-order valence-electron chi connectivity index (χ4n) is 2.63. The summed E-state index contributed by atoms with van der Waals surface area (Å²) >= 11 is 0. The molecule has 0 spiro atoms. The first-order valence-electron chi connectivity index (χ1n) is 8.41. The Morgan fingerprint density at radius 2 is 1.78 bits per heavy atom. The van der Waals surface area contributed by atoms with Crippen molar-refractivity contribution >= 4 is 16.3 Å². The molecule has 1 fully saturated rings. The van der Waals surface area contributed by atoms with Gasteiger partial charge >= 0.3 is 12.7 Å². The van der Waals surface area contributed by atoms with Gasteiger partial charge in [-0.15, -0.1) is 0 Å². The van der Waals surface area contributed by atoms with Gasteiger partial charge in [0.2, 0.25) is 0 Å². The van der Waals surface area contributed by atoms with Gasteiger partial charge < -0.3 is 14.4 Å². The Balaban J connectivity index is 1.93. The number of halogens is 2. The summed E-state index contributed by atoms with van der Waals surface area (Å²) < 4.78 is 61.4. The molecule has 1 saturated heterocycles. The monoisotopic (exact) mass is 407 g/mol. The predicted octanol–water partition coefficient (Wildman–Crippen LogP) is 1.74. The molecule has 11 heteroatoms. The third-order valence-electron chi connectivity index (χ3n) is 4.04. The first-order valence-corrected chi connectivity index (χ1v) is 9.80. The molecule has 1 heterocycles. The fourth-order valence-corrected chi connectivity index (χ4v) is 3.96. The third kappa shape index (κ3) is 5.75. The van der Waals surface area contributed by atoms with Crippen molar-refractivity contribution in [1.29, 1.82) is 0 Å². The van der Waals surface area contributed by atoms with Crippen LogP contribution in [0.25, 0.3) is 0 Å². The van der Waals surface area contributed by atoms with Crippen LogP contribution in [0, 0.1) is 0 Å². The van der Waals surface area contributed by atoms with E-state index in [9.17, 15) is 22.0 Å². The minimum absolute atomic E-state index is 0.00866. The number of nitrogens with zero attached hydrogens (tertiary/aromatic N) is 3. The zero-order valence-corrected chi connectivity index (χ0v) is 16.0. The van der Waals surface area contributed by atoms with Gasteiger partial charge in [-0.1, -0.05) is 12.1 Å². The minimum Gasteiger partial charge on any atom is -0.450 e. The summed E-state index contributed by atoms with van der Waals surface area (Å²) in [4.78, 5) is 13.2. The number of hydrogen-bond donors (Lipinski definition) is 0. The van der Waals surface area contributed by atoms with Gasteiger partial charge in [-0.3, -0.25) is 0 Å². The van der Waals surface area contributed by atoms with E-state index in [1.807, 2.05) is 0 Å². The highest BCUT2D eigenvalue weighted by Gasteiger charge is 2.32. The van der Waals surface area contributed by atoms with E-state index in [-0.39, 0.29) is 45.1 Å². The average molecular weight is 407 g/mol. The molecular weight excluding hydrogens is 384 g/mol. The van der Waals surface area contributed by atoms with Crippen molar-refractivity contribution in [1.82, 2.24) is 13.5 Å². The molecule has 0 bridgehead atoms. The minimum atomic E-state index is -3.71. The topological polar surface area (TPSA) is 79.4 Å². The number of carbonyl (C=O) groups excluding carboxylic acids is 1. The van der Waals surface area contributed by atoms with Crippen LogP contribution in [-0.2, 0) is 21.5 Å². The highest BCUT2D eigenvalue weighted by Crippen LogP contribution is 2.18. The molecule has 0 radical (unpaired) electrons. The SMILES string of the molecule is CCOC(=O)N1CCN(S(=O)(=O)N(C)Cc2ccc(OC(F)F)cc2)CC1. The van der Waals surface area contributed by atoms with Crippen LogP contribution in [0.5, 0.6) is 5.75 Å². The Hall–Kier alpha value is -1.98. The standard InChI is InChI=1S/C16H23F2N3O5S/c1-3-25-16(22)20-8-10-21(11-9-20)27(23,24)19(2)12-13-4-6-14(7-5-13)26-15(17)18/h4-7,15H,3,8-12H2,1-2H3. The second-order valence-electron chi connectivity index (χ2n) is 5.87. The van der Waals surface area contributed by atoms with Crippen molar-refractivity contribution < 1.29 is 31.5 Å². The van der Waals surface area contributed by atoms with Gasteiger partial charge in [0, 0.05) is 39.8 Å². The van der Waals surface area contributed by atoms with Crippen molar-refractivity contribution in [2.45, 2.75) is 20.1 Å². The summed E-state index contributed by atoms with van der Waals surface area (Å²) in [6.45, 7) is -0.000515. The van der Waals surface area contributed by atoms with Crippen LogP contribution in [0.3, 0.4) is 0 Å². The average Bonchev–Trinajstić information content (AvgIpc) is 2.63. The molecule has 1 aromatic carbocycles. The summed E-state index contributed by atoms with van der Waals surface area (Å²) in [5.74, 6) is 0.00866. The molecule has 0 unspecified atom stereocenters. The molecule has 1 aliphatic rings. The Bertz CT molecular complexity index is 722. The summed E-state index contributed by atoms with van der Waals surface area (Å²) in [6.07, 6.45) is -0.450. The van der Waals surface area contributed by atoms with Gasteiger partial charge in [-0.05, 0) is 24.6 Å². The predicted molar refractivity (Wildman–Crippen MR) is 93.6 cm³/mol. The molecule has 0 aliphatic carbocycles. The maximum atomic E-state index is 12.7. The van der Waals surface area contributed by atoms with Crippen LogP contribution in [0.1, 0.15) is 12.5 Å². The second kappa shape index (κ2) is 9.29. The smallest absolute Gasteiger partial charge is 0.409 e. The molecule has 0 saturated carbocycles. The highest BCUT2D eigenvalue weighted by molar-refractivity contribution is 7.86. The van der Waals surface area contributed by atoms with Crippen LogP contribution in [-0.4, -0.2) is 74.5 Å². The van der Waals surface area contributed by atoms with Crippen LogP contribution in [0.4, 0.5) is 13.6 Å². The zero-order valence-electron chi connectivity index (χ0n) is 15.2. The van der Waals surface area contributed by atoms with Gasteiger partial charge in [-0.2, -0.15) is 25.8 Å². The van der Waals surface area contributed by atoms with E-state index < -0.39 is 22.9 Å². The number of piperazine rings is 1. The van der Waals surface area contributed by atoms with E-state index in [0.717, 1.165) is 0 Å². The van der Waals surface area contributed by atoms with Crippen LogP contribution < -0.4 is 4.74 Å². The Morgan fingerprint density at radius 1 is 1.19 bits per heavy atom. The molecule has 0 N–H and O–H groups in total. The number of carbonyl (C=O) groups is 1. The Morgan fingerprint density at radius 3 is 2.30 bits per heavy atom. The van der Waals surface area contributed by atoms with Crippen molar-refractivity contribution in [2.75, 3.05) is 39.8 Å². The number of benzene rings is 1. The van der Waals surface area contributed by atoms with Gasteiger partial charge in [0.1, 0.15) is 5.75 Å². The first-order chi connectivity index (χ1) is 12.7. The summed E-state index contributed by atoms with van der Waals surface area (Å²) in [5.41, 5.74) is 0.632. The van der Waals surface area contributed by atoms with E-state index in [1.165, 1.54) is 44.8 Å². The van der Waals surface area contributed by atoms with Gasteiger partial charge in [0.05, 0.1) is 6.61 Å². The number of amides is 1. The van der Waals surface area contributed by atoms with E-state index in [0.29, 0.717) is 5.56 Å². The quantitative estimate of drug-likeness (QED) is 0.688. The highest BCUT2D eigenvalue weighted by atomic mass is 32.2. The summed E-state index contributed by atoms with van der Waals surface area (Å²) in [7, 11) is -2.27. The van der Waals surface area contributed by atoms with E-state index in [2.05, 4.69) is 4.74 Å². The Labute approximate surface area is 157 Å². The molecule has 2 rings (SSSR count). The molecule has 1 amide bonds. The first kappa shape index (κ1) is 21.3. The lowest BCUT2D eigenvalue weighted by molar-refractivity contribution is -0.0498. The van der Waals surface area contributed by atoms with E-state index >= 15 is 0 Å². The van der Waals surface area contributed by atoms with Crippen molar-refractivity contribution in [3.05, 3.63) is 29.8 Å². The van der Waals surface area contributed by atoms with Crippen molar-refractivity contribution in [3.8, 4) is 5.75 Å². The molecule has 1 aliphatic heterocycles. The summed E-state index contributed by atoms with van der Waals surface area (Å²) in [5, 5.41) is 0. The molecule has 152 valence electrons. The third-order valence-corrected chi connectivity index (χ3v) is 5.97. The van der Waals surface area contributed by atoms with Crippen LogP contribution in [0.2, 0.25) is 0 Å². The fraction of sp³-hybridized carbons (Fsp3) is 0.562. The van der Waals surface area contributed by atoms with E-state index in [4.69, 9.17) is 4.74 Å². The maximum Gasteiger partial charge on any atom is 0.409 e. The van der Waals surface area contributed by atoms with Gasteiger partial charge in [0.15, 0.2) is 0 Å². The molecule has 0 atom stereocenters. The lowest BCUT2D eigenvalue weighted by atomic mass is 10.2. The maximum absolute atomic E-state index is 12.7. The molecule has 8 nitrogen and oxygen atoms in total. The lowest BCUT2D eigenvalue weighted by Crippen LogP contribution is -2.53. The summed E-state index contributed by atoms with van der Waals surface area (Å²) in [6, 6.07) is 5.78. The molecule has 0 aromatic heterocycles. The number of alkyl halides is 2. The van der Waals surface area contributed by atoms with Crippen molar-refractivity contribution in [3.63, 3.8) is 0 Å². The number of ether oxygens (including phenoxy) is 2. The van der Waals surface area contributed by atoms with Gasteiger partial charge in [0.25, 0.3) is 10.2 Å². The second-order valence-corrected chi connectivity index (χ2v) is 7.91. The lowest BCUT2D eigenvalue weighted by Gasteiger charge is -2.35. The zero-order chi connectivity index (χ0) is 20.0.